The van der Waals surface area contributed by atoms with Gasteiger partial charge in [-0.2, -0.15) is 0 Å². The van der Waals surface area contributed by atoms with Crippen molar-refractivity contribution in [1.82, 2.24) is 5.32 Å². The molecule has 0 amide bonds. The highest BCUT2D eigenvalue weighted by molar-refractivity contribution is 6.30. The molecule has 123 valence electrons. The van der Waals surface area contributed by atoms with E-state index in [9.17, 15) is 4.39 Å². The number of rotatable bonds is 8. The lowest BCUT2D eigenvalue weighted by Gasteiger charge is -2.12. The maximum Gasteiger partial charge on any atom is 0.124 e. The predicted molar refractivity (Wildman–Crippen MR) is 92.1 cm³/mol. The van der Waals surface area contributed by atoms with Crippen molar-refractivity contribution in [2.24, 2.45) is 5.73 Å². The van der Waals surface area contributed by atoms with E-state index in [2.05, 4.69) is 5.32 Å². The Hall–Kier alpha value is -1.62. The Balaban J connectivity index is 1.73. The van der Waals surface area contributed by atoms with Gasteiger partial charge in [-0.15, -0.1) is 0 Å². The van der Waals surface area contributed by atoms with Crippen molar-refractivity contribution in [2.75, 3.05) is 13.7 Å². The van der Waals surface area contributed by atoms with E-state index in [1.165, 1.54) is 12.1 Å². The third-order valence-corrected chi connectivity index (χ3v) is 3.63. The van der Waals surface area contributed by atoms with Crippen molar-refractivity contribution in [3.8, 4) is 5.75 Å². The van der Waals surface area contributed by atoms with E-state index >= 15 is 0 Å². The van der Waals surface area contributed by atoms with Gasteiger partial charge >= 0.3 is 0 Å². The van der Waals surface area contributed by atoms with Crippen LogP contribution in [0.1, 0.15) is 17.5 Å². The van der Waals surface area contributed by atoms with Gasteiger partial charge in [-0.1, -0.05) is 23.7 Å². The van der Waals surface area contributed by atoms with Crippen molar-refractivity contribution in [2.45, 2.75) is 19.0 Å². The third-order valence-electron chi connectivity index (χ3n) is 3.41. The zero-order valence-corrected chi connectivity index (χ0v) is 13.8. The highest BCUT2D eigenvalue weighted by Crippen LogP contribution is 2.17. The highest BCUT2D eigenvalue weighted by atomic mass is 35.5. The van der Waals surface area contributed by atoms with E-state index < -0.39 is 0 Å². The van der Waals surface area contributed by atoms with Crippen LogP contribution in [0, 0.1) is 12.2 Å². The molecule has 0 aliphatic heterocycles. The zero-order chi connectivity index (χ0) is 16.7. The van der Waals surface area contributed by atoms with Crippen LogP contribution in [0.3, 0.4) is 0 Å². The molecule has 0 aliphatic carbocycles. The van der Waals surface area contributed by atoms with E-state index in [0.717, 1.165) is 30.8 Å². The monoisotopic (exact) mass is 335 g/mol. The van der Waals surface area contributed by atoms with Gasteiger partial charge in [-0.25, -0.2) is 4.39 Å². The standard InChI is InChI=1S/C18H21ClFN2O/c1-23-18-4-2-3-13(10-18)12-22-6-5-17(21)9-14-7-15(19)11-16(20)8-14/h2-4,7-11,17,22H,5-6,12,21H2,1H3/t17-/m1/s1. The first-order chi connectivity index (χ1) is 11.1. The van der Waals surface area contributed by atoms with Gasteiger partial charge in [-0.05, 0) is 54.4 Å². The summed E-state index contributed by atoms with van der Waals surface area (Å²) in [5, 5.41) is 3.71. The molecule has 0 saturated heterocycles. The first kappa shape index (κ1) is 17.7. The van der Waals surface area contributed by atoms with Crippen molar-refractivity contribution >= 4 is 11.6 Å². The fourth-order valence-electron chi connectivity index (χ4n) is 2.29. The van der Waals surface area contributed by atoms with Crippen molar-refractivity contribution in [1.29, 1.82) is 0 Å². The Bertz CT molecular complexity index is 616. The molecule has 1 radical (unpaired) electrons. The van der Waals surface area contributed by atoms with E-state index in [1.807, 2.05) is 30.7 Å². The number of hydrogen-bond acceptors (Lipinski definition) is 3. The van der Waals surface area contributed by atoms with Gasteiger partial charge in [0.25, 0.3) is 0 Å². The predicted octanol–water partition coefficient (Wildman–Crippen LogP) is 3.55. The summed E-state index contributed by atoms with van der Waals surface area (Å²) in [6.45, 7) is 1.51. The van der Waals surface area contributed by atoms with E-state index in [4.69, 9.17) is 22.1 Å². The first-order valence-electron chi connectivity index (χ1n) is 7.47. The minimum absolute atomic E-state index is 0.161. The van der Waals surface area contributed by atoms with Gasteiger partial charge in [-0.3, -0.25) is 0 Å². The average Bonchev–Trinajstić information content (AvgIpc) is 2.51. The fraction of sp³-hybridized carbons (Fsp3) is 0.278. The summed E-state index contributed by atoms with van der Waals surface area (Å²) >= 11 is 5.83. The highest BCUT2D eigenvalue weighted by Gasteiger charge is 2.07. The molecule has 0 saturated carbocycles. The molecule has 0 unspecified atom stereocenters. The Morgan fingerprint density at radius 1 is 1.30 bits per heavy atom. The van der Waals surface area contributed by atoms with Gasteiger partial charge in [0.15, 0.2) is 0 Å². The molecule has 5 heteroatoms. The lowest BCUT2D eigenvalue weighted by atomic mass is 10.0. The maximum absolute atomic E-state index is 13.3. The molecular weight excluding hydrogens is 315 g/mol. The lowest BCUT2D eigenvalue weighted by molar-refractivity contribution is 0.414. The van der Waals surface area contributed by atoms with Crippen LogP contribution in [-0.4, -0.2) is 19.7 Å². The summed E-state index contributed by atoms with van der Waals surface area (Å²) in [5.74, 6) is 0.490. The third kappa shape index (κ3) is 6.18. The molecule has 3 N–H and O–H groups in total. The van der Waals surface area contributed by atoms with Gasteiger partial charge in [0.2, 0.25) is 0 Å². The van der Waals surface area contributed by atoms with Crippen LogP contribution < -0.4 is 15.8 Å². The van der Waals surface area contributed by atoms with Gasteiger partial charge in [0.1, 0.15) is 11.6 Å². The van der Waals surface area contributed by atoms with Gasteiger partial charge in [0, 0.05) is 24.0 Å². The van der Waals surface area contributed by atoms with Crippen LogP contribution in [-0.2, 0) is 6.54 Å². The summed E-state index contributed by atoms with van der Waals surface area (Å²) in [6.07, 6.45) is 2.57. The fourth-order valence-corrected chi connectivity index (χ4v) is 2.52. The molecule has 0 spiro atoms. The number of methoxy groups -OCH3 is 1. The molecule has 0 heterocycles. The maximum atomic E-state index is 13.3. The summed E-state index contributed by atoms with van der Waals surface area (Å²) in [6, 6.07) is 12.2. The van der Waals surface area contributed by atoms with Crippen LogP contribution in [0.4, 0.5) is 4.39 Å². The van der Waals surface area contributed by atoms with Crippen LogP contribution in [0.15, 0.2) is 42.5 Å². The lowest BCUT2D eigenvalue weighted by Crippen LogP contribution is -2.27. The quantitative estimate of drug-likeness (QED) is 0.725. The summed E-state index contributed by atoms with van der Waals surface area (Å²) in [4.78, 5) is 0. The minimum atomic E-state index is -0.355. The SMILES string of the molecule is COc1cccc(CNCC[C@@H](N)[CH]c2cc(F)cc(Cl)c2)c1. The Morgan fingerprint density at radius 3 is 2.87 bits per heavy atom. The van der Waals surface area contributed by atoms with Crippen LogP contribution in [0.2, 0.25) is 5.02 Å². The zero-order valence-electron chi connectivity index (χ0n) is 13.1. The molecule has 23 heavy (non-hydrogen) atoms. The molecular formula is C18H21ClFN2O. The molecule has 0 aliphatic rings. The van der Waals surface area contributed by atoms with Crippen molar-refractivity contribution in [3.63, 3.8) is 0 Å². The smallest absolute Gasteiger partial charge is 0.124 e. The molecule has 3 nitrogen and oxygen atoms in total. The Labute approximate surface area is 141 Å². The largest absolute Gasteiger partial charge is 0.497 e. The van der Waals surface area contributed by atoms with Crippen molar-refractivity contribution in [3.05, 3.63) is 70.9 Å². The number of ether oxygens (including phenoxy) is 1. The summed E-state index contributed by atoms with van der Waals surface area (Å²) < 4.78 is 18.5. The number of nitrogens with two attached hydrogens (primary N) is 1. The van der Waals surface area contributed by atoms with Crippen LogP contribution in [0.25, 0.3) is 0 Å². The average molecular weight is 336 g/mol. The second kappa shape index (κ2) is 8.87. The minimum Gasteiger partial charge on any atom is -0.497 e. The van der Waals surface area contributed by atoms with Crippen LogP contribution >= 0.6 is 11.6 Å². The molecule has 0 fully saturated rings. The Kier molecular flexibility index (Phi) is 6.84. The molecule has 2 aromatic rings. The normalized spacial score (nSPS) is 12.2. The van der Waals surface area contributed by atoms with E-state index in [0.29, 0.717) is 10.6 Å². The molecule has 0 aromatic heterocycles. The topological polar surface area (TPSA) is 47.3 Å². The number of halogens is 2. The number of benzene rings is 2. The van der Waals surface area contributed by atoms with E-state index in [-0.39, 0.29) is 11.9 Å². The Morgan fingerprint density at radius 2 is 2.13 bits per heavy atom. The summed E-state index contributed by atoms with van der Waals surface area (Å²) in [5.41, 5.74) is 7.91. The summed E-state index contributed by atoms with van der Waals surface area (Å²) in [7, 11) is 1.65. The number of nitrogens with one attached hydrogen (secondary N) is 1. The number of hydrogen-bond donors (Lipinski definition) is 2. The van der Waals surface area contributed by atoms with Gasteiger partial charge in [0.05, 0.1) is 7.11 Å². The van der Waals surface area contributed by atoms with Gasteiger partial charge < -0.3 is 15.8 Å². The first-order valence-corrected chi connectivity index (χ1v) is 7.85. The second-order valence-corrected chi connectivity index (χ2v) is 5.79. The van der Waals surface area contributed by atoms with Crippen LogP contribution in [0.5, 0.6) is 5.75 Å². The molecule has 0 bridgehead atoms. The van der Waals surface area contributed by atoms with E-state index in [1.54, 1.807) is 13.2 Å². The molecule has 1 atom stereocenters. The molecule has 2 rings (SSSR count). The second-order valence-electron chi connectivity index (χ2n) is 5.35. The van der Waals surface area contributed by atoms with Crippen molar-refractivity contribution < 1.29 is 9.13 Å². The molecule has 2 aromatic carbocycles.